The van der Waals surface area contributed by atoms with Crippen molar-refractivity contribution < 1.29 is 13.2 Å². The minimum Gasteiger partial charge on any atom is -0.370 e. The molecule has 1 aliphatic rings. The summed E-state index contributed by atoms with van der Waals surface area (Å²) in [5.74, 6) is -0.589. The number of likely N-dealkylation sites (N-methyl/N-ethyl adjacent to an activating group) is 1. The smallest absolute Gasteiger partial charge is 0.218 e. The first-order valence-electron chi connectivity index (χ1n) is 6.31. The first-order valence-corrected chi connectivity index (χ1v) is 8.13. The largest absolute Gasteiger partial charge is 0.370 e. The Morgan fingerprint density at radius 3 is 2.78 bits per heavy atom. The summed E-state index contributed by atoms with van der Waals surface area (Å²) in [6, 6.07) is 0.451. The second kappa shape index (κ2) is 7.06. The molecule has 1 amide bonds. The van der Waals surface area contributed by atoms with Crippen LogP contribution in [-0.4, -0.2) is 63.5 Å². The Morgan fingerprint density at radius 1 is 1.44 bits per heavy atom. The molecular weight excluding hydrogens is 254 g/mol. The molecule has 106 valence electrons. The van der Waals surface area contributed by atoms with Gasteiger partial charge >= 0.3 is 0 Å². The maximum absolute atomic E-state index is 11.7. The Morgan fingerprint density at radius 2 is 2.17 bits per heavy atom. The summed E-state index contributed by atoms with van der Waals surface area (Å²) in [6.07, 6.45) is 2.15. The van der Waals surface area contributed by atoms with Crippen molar-refractivity contribution >= 4 is 15.7 Å². The van der Waals surface area contributed by atoms with Gasteiger partial charge in [-0.1, -0.05) is 0 Å². The number of piperidine rings is 1. The third kappa shape index (κ3) is 5.79. The molecule has 0 bridgehead atoms. The lowest BCUT2D eigenvalue weighted by molar-refractivity contribution is -0.117. The maximum atomic E-state index is 11.7. The minimum atomic E-state index is -3.16. The fourth-order valence-electron chi connectivity index (χ4n) is 2.12. The molecule has 6 nitrogen and oxygen atoms in total. The van der Waals surface area contributed by atoms with Gasteiger partial charge in [-0.05, 0) is 26.4 Å². The van der Waals surface area contributed by atoms with E-state index >= 15 is 0 Å². The van der Waals surface area contributed by atoms with E-state index in [0.29, 0.717) is 12.6 Å². The van der Waals surface area contributed by atoms with Gasteiger partial charge in [0.15, 0.2) is 9.84 Å². The van der Waals surface area contributed by atoms with Crippen LogP contribution in [-0.2, 0) is 14.6 Å². The third-order valence-corrected chi connectivity index (χ3v) is 4.92. The Labute approximate surface area is 109 Å². The highest BCUT2D eigenvalue weighted by Crippen LogP contribution is 2.09. The van der Waals surface area contributed by atoms with E-state index in [-0.39, 0.29) is 17.9 Å². The Balaban J connectivity index is 2.32. The van der Waals surface area contributed by atoms with Crippen LogP contribution < -0.4 is 11.1 Å². The van der Waals surface area contributed by atoms with Gasteiger partial charge in [-0.15, -0.1) is 0 Å². The lowest BCUT2D eigenvalue weighted by Crippen LogP contribution is -2.45. The molecule has 18 heavy (non-hydrogen) atoms. The van der Waals surface area contributed by atoms with E-state index in [1.165, 1.54) is 0 Å². The highest BCUT2D eigenvalue weighted by molar-refractivity contribution is 7.91. The van der Waals surface area contributed by atoms with Crippen LogP contribution in [0.25, 0.3) is 0 Å². The van der Waals surface area contributed by atoms with Crippen LogP contribution in [0.4, 0.5) is 0 Å². The minimum absolute atomic E-state index is 0.0819. The number of sulfone groups is 1. The molecule has 0 aromatic carbocycles. The summed E-state index contributed by atoms with van der Waals surface area (Å²) < 4.78 is 23.4. The van der Waals surface area contributed by atoms with E-state index in [9.17, 15) is 13.2 Å². The molecule has 0 saturated carbocycles. The van der Waals surface area contributed by atoms with Crippen molar-refractivity contribution in [1.82, 2.24) is 10.2 Å². The fraction of sp³-hybridized carbons (Fsp3) is 0.909. The highest BCUT2D eigenvalue weighted by Gasteiger charge is 2.20. The third-order valence-electron chi connectivity index (χ3n) is 3.29. The predicted octanol–water partition coefficient (Wildman–Crippen LogP) is -1.04. The first-order chi connectivity index (χ1) is 8.43. The summed E-state index contributed by atoms with van der Waals surface area (Å²) in [5, 5.41) is 3.22. The van der Waals surface area contributed by atoms with E-state index < -0.39 is 15.7 Å². The quantitative estimate of drug-likeness (QED) is 0.620. The number of nitrogens with zero attached hydrogens (tertiary/aromatic N) is 1. The zero-order valence-corrected chi connectivity index (χ0v) is 11.7. The second-order valence-corrected chi connectivity index (χ2v) is 7.10. The van der Waals surface area contributed by atoms with Crippen LogP contribution in [0, 0.1) is 0 Å². The highest BCUT2D eigenvalue weighted by atomic mass is 32.2. The molecule has 7 heteroatoms. The van der Waals surface area contributed by atoms with Crippen LogP contribution in [0.5, 0.6) is 0 Å². The first kappa shape index (κ1) is 15.4. The Hall–Kier alpha value is -0.660. The molecule has 1 unspecified atom stereocenters. The molecule has 1 atom stereocenters. The molecule has 1 aliphatic heterocycles. The van der Waals surface area contributed by atoms with Crippen molar-refractivity contribution in [2.24, 2.45) is 5.73 Å². The van der Waals surface area contributed by atoms with Crippen LogP contribution in [0.15, 0.2) is 0 Å². The van der Waals surface area contributed by atoms with Crippen molar-refractivity contribution in [2.45, 2.75) is 25.3 Å². The normalized spacial score (nSPS) is 21.9. The van der Waals surface area contributed by atoms with Gasteiger partial charge in [0, 0.05) is 25.6 Å². The number of amides is 1. The molecule has 0 aromatic heterocycles. The predicted molar refractivity (Wildman–Crippen MR) is 71.0 cm³/mol. The van der Waals surface area contributed by atoms with E-state index in [0.717, 1.165) is 25.9 Å². The van der Waals surface area contributed by atoms with Crippen molar-refractivity contribution in [3.63, 3.8) is 0 Å². The molecule has 1 saturated heterocycles. The number of primary amides is 1. The SMILES string of the molecule is CNC1CCCN(CCS(=O)(=O)CCC(N)=O)C1. The van der Waals surface area contributed by atoms with Gasteiger partial charge < -0.3 is 16.0 Å². The standard InChI is InChI=1S/C11H23N3O3S/c1-13-10-3-2-5-14(9-10)6-8-18(16,17)7-4-11(12)15/h10,13H,2-9H2,1H3,(H2,12,15). The molecular formula is C11H23N3O3S. The molecule has 0 radical (unpaired) electrons. The van der Waals surface area contributed by atoms with Gasteiger partial charge in [0.25, 0.3) is 0 Å². The lowest BCUT2D eigenvalue weighted by Gasteiger charge is -2.32. The summed E-state index contributed by atoms with van der Waals surface area (Å²) >= 11 is 0. The summed E-state index contributed by atoms with van der Waals surface area (Å²) in [5.41, 5.74) is 4.95. The van der Waals surface area contributed by atoms with Crippen LogP contribution in [0.3, 0.4) is 0 Å². The number of likely N-dealkylation sites (tertiary alicyclic amines) is 1. The number of carbonyl (C=O) groups is 1. The van der Waals surface area contributed by atoms with Crippen molar-refractivity contribution in [1.29, 1.82) is 0 Å². The van der Waals surface area contributed by atoms with E-state index in [1.807, 2.05) is 7.05 Å². The van der Waals surface area contributed by atoms with Gasteiger partial charge in [0.1, 0.15) is 0 Å². The van der Waals surface area contributed by atoms with Crippen LogP contribution in [0.1, 0.15) is 19.3 Å². The van der Waals surface area contributed by atoms with E-state index in [4.69, 9.17) is 5.73 Å². The molecule has 0 spiro atoms. The number of nitrogens with one attached hydrogen (secondary N) is 1. The van der Waals surface area contributed by atoms with Gasteiger partial charge in [-0.3, -0.25) is 4.79 Å². The summed E-state index contributed by atoms with van der Waals surface area (Å²) in [7, 11) is -1.23. The maximum Gasteiger partial charge on any atom is 0.218 e. The second-order valence-electron chi connectivity index (χ2n) is 4.80. The zero-order chi connectivity index (χ0) is 13.6. The Kier molecular flexibility index (Phi) is 6.04. The average Bonchev–Trinajstić information content (AvgIpc) is 2.35. The van der Waals surface area contributed by atoms with Gasteiger partial charge in [0.2, 0.25) is 5.91 Å². The molecule has 0 aromatic rings. The number of hydrogen-bond acceptors (Lipinski definition) is 5. The van der Waals surface area contributed by atoms with Gasteiger partial charge in [-0.25, -0.2) is 8.42 Å². The van der Waals surface area contributed by atoms with E-state index in [1.54, 1.807) is 0 Å². The molecule has 1 heterocycles. The van der Waals surface area contributed by atoms with Crippen molar-refractivity contribution in [3.05, 3.63) is 0 Å². The van der Waals surface area contributed by atoms with Gasteiger partial charge in [0.05, 0.1) is 11.5 Å². The topological polar surface area (TPSA) is 92.5 Å². The zero-order valence-electron chi connectivity index (χ0n) is 10.9. The average molecular weight is 277 g/mol. The monoisotopic (exact) mass is 277 g/mol. The van der Waals surface area contributed by atoms with Crippen molar-refractivity contribution in [2.75, 3.05) is 38.2 Å². The summed E-state index contributed by atoms with van der Waals surface area (Å²) in [4.78, 5) is 12.7. The molecule has 1 fully saturated rings. The summed E-state index contributed by atoms with van der Waals surface area (Å²) in [6.45, 7) is 2.38. The van der Waals surface area contributed by atoms with Crippen LogP contribution in [0.2, 0.25) is 0 Å². The molecule has 3 N–H and O–H groups in total. The molecule has 0 aliphatic carbocycles. The number of carbonyl (C=O) groups excluding carboxylic acids is 1. The number of nitrogens with two attached hydrogens (primary N) is 1. The number of hydrogen-bond donors (Lipinski definition) is 2. The van der Waals surface area contributed by atoms with Crippen molar-refractivity contribution in [3.8, 4) is 0 Å². The van der Waals surface area contributed by atoms with E-state index in [2.05, 4.69) is 10.2 Å². The van der Waals surface area contributed by atoms with Crippen LogP contribution >= 0.6 is 0 Å². The number of rotatable bonds is 7. The Bertz CT molecular complexity index is 370. The lowest BCUT2D eigenvalue weighted by atomic mass is 10.1. The molecule has 1 rings (SSSR count). The fourth-order valence-corrected chi connectivity index (χ4v) is 3.37. The van der Waals surface area contributed by atoms with Gasteiger partial charge in [-0.2, -0.15) is 0 Å².